The van der Waals surface area contributed by atoms with E-state index in [1.165, 1.54) is 17.0 Å². The van der Waals surface area contributed by atoms with Gasteiger partial charge in [0.15, 0.2) is 0 Å². The third kappa shape index (κ3) is 12.6. The minimum absolute atomic E-state index is 0.00819. The summed E-state index contributed by atoms with van der Waals surface area (Å²) in [7, 11) is 0. The maximum atomic E-state index is 14.7. The number of carbonyl (C=O) groups excluding carboxylic acids is 4. The standard InChI is InChI=1S/C37H55N3O7/c1-12-37(10,11)40(32(43)28(22-24(2)3)39-34(45)47-36(7,8)9)30(26-18-20-27(41)21-19-26)31(42)38-29(33(44)46-35(4,5)6)23-25-16-14-13-15-17-25/h13-21,24,28-30,41H,12,22-23H2,1-11H3,(H,38,42)(H,39,45). The van der Waals surface area contributed by atoms with Crippen LogP contribution in [0, 0.1) is 5.92 Å². The predicted octanol–water partition coefficient (Wildman–Crippen LogP) is 6.46. The second kappa shape index (κ2) is 16.2. The van der Waals surface area contributed by atoms with Gasteiger partial charge in [0.1, 0.15) is 35.1 Å². The van der Waals surface area contributed by atoms with Crippen molar-refractivity contribution in [3.05, 3.63) is 65.7 Å². The van der Waals surface area contributed by atoms with Gasteiger partial charge in [-0.3, -0.25) is 9.59 Å². The van der Waals surface area contributed by atoms with Gasteiger partial charge in [0.2, 0.25) is 11.8 Å². The number of hydrogen-bond acceptors (Lipinski definition) is 7. The number of benzene rings is 2. The monoisotopic (exact) mass is 653 g/mol. The summed E-state index contributed by atoms with van der Waals surface area (Å²) in [6.07, 6.45) is 0.156. The fraction of sp³-hybridized carbons (Fsp3) is 0.568. The zero-order valence-electron chi connectivity index (χ0n) is 30.0. The molecule has 0 spiro atoms. The number of rotatable bonds is 13. The molecule has 2 aromatic carbocycles. The smallest absolute Gasteiger partial charge is 0.408 e. The molecule has 3 unspecified atom stereocenters. The fourth-order valence-electron chi connectivity index (χ4n) is 5.00. The molecule has 2 aromatic rings. The van der Waals surface area contributed by atoms with Crippen LogP contribution in [0.3, 0.4) is 0 Å². The average molecular weight is 654 g/mol. The zero-order valence-corrected chi connectivity index (χ0v) is 30.0. The van der Waals surface area contributed by atoms with Gasteiger partial charge in [0, 0.05) is 12.0 Å². The van der Waals surface area contributed by atoms with E-state index in [-0.39, 0.29) is 24.5 Å². The molecule has 0 saturated carbocycles. The summed E-state index contributed by atoms with van der Waals surface area (Å²) in [4.78, 5) is 57.2. The van der Waals surface area contributed by atoms with Crippen LogP contribution < -0.4 is 10.6 Å². The van der Waals surface area contributed by atoms with Gasteiger partial charge in [-0.15, -0.1) is 0 Å². The molecule has 47 heavy (non-hydrogen) atoms. The van der Waals surface area contributed by atoms with E-state index in [0.29, 0.717) is 12.0 Å². The highest BCUT2D eigenvalue weighted by molar-refractivity contribution is 5.94. The molecule has 10 heteroatoms. The second-order valence-corrected chi connectivity index (χ2v) is 15.0. The Morgan fingerprint density at radius 3 is 1.83 bits per heavy atom. The highest BCUT2D eigenvalue weighted by Crippen LogP contribution is 2.34. The molecule has 0 saturated heterocycles. The minimum atomic E-state index is -1.24. The quantitative estimate of drug-likeness (QED) is 0.211. The van der Waals surface area contributed by atoms with Crippen LogP contribution in [0.15, 0.2) is 54.6 Å². The van der Waals surface area contributed by atoms with E-state index >= 15 is 0 Å². The number of nitrogens with zero attached hydrogens (tertiary/aromatic N) is 1. The molecule has 0 fully saturated rings. The van der Waals surface area contributed by atoms with Gasteiger partial charge >= 0.3 is 12.1 Å². The Morgan fingerprint density at radius 1 is 0.787 bits per heavy atom. The number of phenolic OH excluding ortho intramolecular Hbond substituents is 1. The third-order valence-electron chi connectivity index (χ3n) is 7.46. The van der Waals surface area contributed by atoms with Crippen LogP contribution in [0.1, 0.15) is 106 Å². The molecule has 0 radical (unpaired) electrons. The Kier molecular flexibility index (Phi) is 13.4. The Bertz CT molecular complexity index is 1340. The van der Waals surface area contributed by atoms with Crippen LogP contribution in [0.5, 0.6) is 5.75 Å². The van der Waals surface area contributed by atoms with E-state index < -0.39 is 58.7 Å². The summed E-state index contributed by atoms with van der Waals surface area (Å²) in [5.41, 5.74) is -1.27. The van der Waals surface area contributed by atoms with Crippen molar-refractivity contribution in [1.82, 2.24) is 15.5 Å². The molecule has 3 atom stereocenters. The summed E-state index contributed by atoms with van der Waals surface area (Å²) >= 11 is 0. The van der Waals surface area contributed by atoms with Crippen molar-refractivity contribution in [3.8, 4) is 5.75 Å². The first-order valence-corrected chi connectivity index (χ1v) is 16.3. The van der Waals surface area contributed by atoms with E-state index in [1.54, 1.807) is 53.7 Å². The van der Waals surface area contributed by atoms with Crippen molar-refractivity contribution >= 4 is 23.9 Å². The SMILES string of the molecule is CCC(C)(C)N(C(=O)C(CC(C)C)NC(=O)OC(C)(C)C)C(C(=O)NC(Cc1ccccc1)C(=O)OC(C)(C)C)c1ccc(O)cc1. The van der Waals surface area contributed by atoms with Crippen LogP contribution in [0.25, 0.3) is 0 Å². The summed E-state index contributed by atoms with van der Waals surface area (Å²) in [5.74, 6) is -1.72. The Balaban J connectivity index is 2.69. The number of hydrogen-bond donors (Lipinski definition) is 3. The van der Waals surface area contributed by atoms with Crippen molar-refractivity contribution in [3.63, 3.8) is 0 Å². The molecule has 0 aromatic heterocycles. The van der Waals surface area contributed by atoms with Gasteiger partial charge in [-0.25, -0.2) is 9.59 Å². The van der Waals surface area contributed by atoms with Gasteiger partial charge < -0.3 is 30.1 Å². The van der Waals surface area contributed by atoms with Crippen molar-refractivity contribution in [2.75, 3.05) is 0 Å². The summed E-state index contributed by atoms with van der Waals surface area (Å²) in [5, 5.41) is 15.8. The molecule has 2 rings (SSSR count). The molecule has 0 aliphatic carbocycles. The van der Waals surface area contributed by atoms with Crippen LogP contribution in [-0.2, 0) is 30.3 Å². The normalized spacial score (nSPS) is 14.0. The molecule has 0 heterocycles. The topological polar surface area (TPSA) is 134 Å². The average Bonchev–Trinajstić information content (AvgIpc) is 2.93. The summed E-state index contributed by atoms with van der Waals surface area (Å²) in [6.45, 7) is 19.9. The van der Waals surface area contributed by atoms with Crippen LogP contribution >= 0.6 is 0 Å². The third-order valence-corrected chi connectivity index (χ3v) is 7.46. The lowest BCUT2D eigenvalue weighted by atomic mass is 9.90. The molecule has 260 valence electrons. The molecule has 0 bridgehead atoms. The van der Waals surface area contributed by atoms with Crippen LogP contribution in [0.4, 0.5) is 4.79 Å². The van der Waals surface area contributed by atoms with E-state index in [1.807, 2.05) is 65.0 Å². The lowest BCUT2D eigenvalue weighted by molar-refractivity contribution is -0.159. The maximum Gasteiger partial charge on any atom is 0.408 e. The molecule has 0 aliphatic heterocycles. The van der Waals surface area contributed by atoms with E-state index in [0.717, 1.165) is 5.56 Å². The zero-order chi connectivity index (χ0) is 35.7. The molecular weight excluding hydrogens is 598 g/mol. The van der Waals surface area contributed by atoms with Gasteiger partial charge in [0.05, 0.1) is 0 Å². The number of nitrogens with one attached hydrogen (secondary N) is 2. The van der Waals surface area contributed by atoms with Crippen molar-refractivity contribution in [2.45, 2.75) is 130 Å². The van der Waals surface area contributed by atoms with Gasteiger partial charge in [-0.1, -0.05) is 63.2 Å². The maximum absolute atomic E-state index is 14.7. The second-order valence-electron chi connectivity index (χ2n) is 15.0. The van der Waals surface area contributed by atoms with Crippen molar-refractivity contribution in [1.29, 1.82) is 0 Å². The summed E-state index contributed by atoms with van der Waals surface area (Å²) in [6, 6.07) is 12.0. The molecule has 0 aliphatic rings. The minimum Gasteiger partial charge on any atom is -0.508 e. The number of phenols is 1. The molecule has 10 nitrogen and oxygen atoms in total. The lowest BCUT2D eigenvalue weighted by Crippen LogP contribution is -2.60. The number of amides is 3. The summed E-state index contributed by atoms with van der Waals surface area (Å²) < 4.78 is 11.2. The predicted molar refractivity (Wildman–Crippen MR) is 183 cm³/mol. The first-order valence-electron chi connectivity index (χ1n) is 16.3. The fourth-order valence-corrected chi connectivity index (χ4v) is 5.00. The molecule has 3 N–H and O–H groups in total. The lowest BCUT2D eigenvalue weighted by Gasteiger charge is -2.45. The number of esters is 1. The first-order chi connectivity index (χ1) is 21.6. The van der Waals surface area contributed by atoms with Crippen molar-refractivity contribution < 1.29 is 33.8 Å². The number of alkyl carbamates (subject to hydrolysis) is 1. The number of aromatic hydroxyl groups is 1. The Morgan fingerprint density at radius 2 is 1.34 bits per heavy atom. The first kappa shape index (κ1) is 39.1. The van der Waals surface area contributed by atoms with Gasteiger partial charge in [-0.2, -0.15) is 0 Å². The van der Waals surface area contributed by atoms with Gasteiger partial charge in [0.25, 0.3) is 0 Å². The molecular formula is C37H55N3O7. The van der Waals surface area contributed by atoms with E-state index in [4.69, 9.17) is 9.47 Å². The molecule has 3 amide bonds. The number of ether oxygens (including phenoxy) is 2. The Labute approximate surface area is 280 Å². The largest absolute Gasteiger partial charge is 0.508 e. The van der Waals surface area contributed by atoms with E-state index in [9.17, 15) is 24.3 Å². The van der Waals surface area contributed by atoms with Crippen LogP contribution in [0.2, 0.25) is 0 Å². The highest BCUT2D eigenvalue weighted by atomic mass is 16.6. The Hall–Kier alpha value is -4.08. The van der Waals surface area contributed by atoms with Crippen LogP contribution in [-0.4, -0.2) is 62.7 Å². The highest BCUT2D eigenvalue weighted by Gasteiger charge is 2.44. The van der Waals surface area contributed by atoms with Gasteiger partial charge in [-0.05, 0) is 97.4 Å². The van der Waals surface area contributed by atoms with Crippen molar-refractivity contribution in [2.24, 2.45) is 5.92 Å². The number of carbonyl (C=O) groups is 4. The van der Waals surface area contributed by atoms with E-state index in [2.05, 4.69) is 10.6 Å².